The van der Waals surface area contributed by atoms with Crippen molar-refractivity contribution in [3.8, 4) is 5.75 Å². The van der Waals surface area contributed by atoms with Gasteiger partial charge in [0.05, 0.1) is 14.2 Å². The highest BCUT2D eigenvalue weighted by atomic mass is 28.4. The fourth-order valence-electron chi connectivity index (χ4n) is 1.30. The van der Waals surface area contributed by atoms with E-state index in [1.54, 1.807) is 14.2 Å². The number of rotatable bonds is 5. The minimum atomic E-state index is -1.64. The van der Waals surface area contributed by atoms with Crippen molar-refractivity contribution in [3.63, 3.8) is 0 Å². The summed E-state index contributed by atoms with van der Waals surface area (Å²) < 4.78 is 16.2. The van der Waals surface area contributed by atoms with E-state index in [-0.39, 0.29) is 0 Å². The summed E-state index contributed by atoms with van der Waals surface area (Å²) in [5.74, 6) is 1.37. The Bertz CT molecular complexity index is 394. The van der Waals surface area contributed by atoms with Crippen LogP contribution >= 0.6 is 0 Å². The Labute approximate surface area is 104 Å². The molecule has 0 radical (unpaired) electrons. The highest BCUT2D eigenvalue weighted by Gasteiger charge is 2.18. The summed E-state index contributed by atoms with van der Waals surface area (Å²) in [6.45, 7) is 6.35. The molecule has 4 heteroatoms. The maximum atomic E-state index is 5.80. The van der Waals surface area contributed by atoms with Crippen molar-refractivity contribution in [1.29, 1.82) is 0 Å². The van der Waals surface area contributed by atoms with Crippen LogP contribution in [0.2, 0.25) is 19.6 Å². The fraction of sp³-hybridized carbons (Fsp3) is 0.385. The first-order valence-electron chi connectivity index (χ1n) is 5.53. The molecule has 0 heterocycles. The van der Waals surface area contributed by atoms with Gasteiger partial charge < -0.3 is 13.9 Å². The zero-order chi connectivity index (χ0) is 12.9. The van der Waals surface area contributed by atoms with Crippen molar-refractivity contribution in [1.82, 2.24) is 0 Å². The van der Waals surface area contributed by atoms with Gasteiger partial charge >= 0.3 is 0 Å². The molecular weight excluding hydrogens is 232 g/mol. The van der Waals surface area contributed by atoms with E-state index >= 15 is 0 Å². The minimum Gasteiger partial charge on any atom is -0.520 e. The molecule has 3 nitrogen and oxygen atoms in total. The Kier molecular flexibility index (Phi) is 4.63. The van der Waals surface area contributed by atoms with Crippen molar-refractivity contribution >= 4 is 14.4 Å². The molecule has 94 valence electrons. The molecule has 0 N–H and O–H groups in total. The van der Waals surface area contributed by atoms with E-state index in [0.717, 1.165) is 11.3 Å². The molecule has 0 atom stereocenters. The lowest BCUT2D eigenvalue weighted by molar-refractivity contribution is 0.152. The average Bonchev–Trinajstić information content (AvgIpc) is 2.26. The van der Waals surface area contributed by atoms with Gasteiger partial charge in [-0.15, -0.1) is 0 Å². The number of benzene rings is 1. The first kappa shape index (κ1) is 13.6. The SMILES string of the molecule is CO/C(=C\c1cccc(OC)c1)O[Si](C)(C)C. The number of hydrogen-bond acceptors (Lipinski definition) is 3. The Morgan fingerprint density at radius 3 is 2.41 bits per heavy atom. The minimum absolute atomic E-state index is 0.553. The quantitative estimate of drug-likeness (QED) is 0.593. The van der Waals surface area contributed by atoms with Crippen LogP contribution in [0, 0.1) is 0 Å². The monoisotopic (exact) mass is 252 g/mol. The van der Waals surface area contributed by atoms with Gasteiger partial charge in [-0.2, -0.15) is 0 Å². The maximum absolute atomic E-state index is 5.80. The van der Waals surface area contributed by atoms with Gasteiger partial charge in [0.15, 0.2) is 0 Å². The summed E-state index contributed by atoms with van der Waals surface area (Å²) >= 11 is 0. The average molecular weight is 252 g/mol. The molecule has 0 aliphatic carbocycles. The molecule has 0 amide bonds. The van der Waals surface area contributed by atoms with Crippen LogP contribution in [0.3, 0.4) is 0 Å². The summed E-state index contributed by atoms with van der Waals surface area (Å²) in [6.07, 6.45) is 1.88. The second-order valence-corrected chi connectivity index (χ2v) is 9.09. The van der Waals surface area contributed by atoms with Crippen molar-refractivity contribution in [3.05, 3.63) is 35.8 Å². The van der Waals surface area contributed by atoms with Gasteiger partial charge in [-0.05, 0) is 37.3 Å². The van der Waals surface area contributed by atoms with Crippen LogP contribution in [-0.4, -0.2) is 22.5 Å². The third-order valence-corrected chi connectivity index (χ3v) is 2.80. The Morgan fingerprint density at radius 1 is 1.18 bits per heavy atom. The normalized spacial score (nSPS) is 12.2. The highest BCUT2D eigenvalue weighted by molar-refractivity contribution is 6.70. The molecule has 0 aliphatic rings. The lowest BCUT2D eigenvalue weighted by Gasteiger charge is -2.20. The zero-order valence-corrected chi connectivity index (χ0v) is 12.1. The van der Waals surface area contributed by atoms with Gasteiger partial charge in [0, 0.05) is 6.08 Å². The van der Waals surface area contributed by atoms with Crippen molar-refractivity contribution in [2.45, 2.75) is 19.6 Å². The molecule has 0 saturated heterocycles. The van der Waals surface area contributed by atoms with Gasteiger partial charge in [-0.25, -0.2) is 0 Å². The van der Waals surface area contributed by atoms with E-state index in [0.29, 0.717) is 5.95 Å². The number of methoxy groups -OCH3 is 2. The van der Waals surface area contributed by atoms with Gasteiger partial charge in [0.2, 0.25) is 8.32 Å². The third kappa shape index (κ3) is 4.95. The molecule has 1 aromatic rings. The molecule has 0 aliphatic heterocycles. The van der Waals surface area contributed by atoms with Gasteiger partial charge in [-0.3, -0.25) is 0 Å². The van der Waals surface area contributed by atoms with Gasteiger partial charge in [-0.1, -0.05) is 12.1 Å². The summed E-state index contributed by atoms with van der Waals surface area (Å²) in [5.41, 5.74) is 0.999. The summed E-state index contributed by atoms with van der Waals surface area (Å²) in [7, 11) is 1.63. The largest absolute Gasteiger partial charge is 0.520 e. The van der Waals surface area contributed by atoms with E-state index in [9.17, 15) is 0 Å². The second kappa shape index (κ2) is 5.77. The van der Waals surface area contributed by atoms with Gasteiger partial charge in [0.25, 0.3) is 5.95 Å². The maximum Gasteiger partial charge on any atom is 0.265 e. The molecule has 0 bridgehead atoms. The standard InChI is InChI=1S/C13H20O3Si/c1-14-12-8-6-7-11(9-12)10-13(15-2)16-17(3,4)5/h6-10H,1-5H3/b13-10+. The number of ether oxygens (including phenoxy) is 2. The van der Waals surface area contributed by atoms with Crippen LogP contribution in [0.15, 0.2) is 30.2 Å². The summed E-state index contributed by atoms with van der Waals surface area (Å²) in [6, 6.07) is 7.76. The first-order chi connectivity index (χ1) is 7.94. The van der Waals surface area contributed by atoms with Crippen molar-refractivity contribution < 1.29 is 13.9 Å². The highest BCUT2D eigenvalue weighted by Crippen LogP contribution is 2.18. The fourth-order valence-corrected chi connectivity index (χ4v) is 2.05. The molecule has 1 aromatic carbocycles. The molecule has 1 rings (SSSR count). The molecule has 0 aromatic heterocycles. The zero-order valence-electron chi connectivity index (χ0n) is 11.1. The predicted octanol–water partition coefficient (Wildman–Crippen LogP) is 3.49. The van der Waals surface area contributed by atoms with Crippen LogP contribution in [0.4, 0.5) is 0 Å². The number of hydrogen-bond donors (Lipinski definition) is 0. The van der Waals surface area contributed by atoms with E-state index < -0.39 is 8.32 Å². The predicted molar refractivity (Wildman–Crippen MR) is 72.4 cm³/mol. The second-order valence-electron chi connectivity index (χ2n) is 4.66. The third-order valence-electron chi connectivity index (χ3n) is 1.99. The molecule has 0 fully saturated rings. The van der Waals surface area contributed by atoms with E-state index in [4.69, 9.17) is 13.9 Å². The Balaban J connectivity index is 2.90. The molecule has 0 saturated carbocycles. The van der Waals surface area contributed by atoms with Gasteiger partial charge in [0.1, 0.15) is 5.75 Å². The smallest absolute Gasteiger partial charge is 0.265 e. The summed E-state index contributed by atoms with van der Waals surface area (Å²) in [4.78, 5) is 0. The first-order valence-corrected chi connectivity index (χ1v) is 8.94. The molecule has 0 spiro atoms. The van der Waals surface area contributed by atoms with E-state index in [2.05, 4.69) is 19.6 Å². The van der Waals surface area contributed by atoms with Crippen LogP contribution in [0.25, 0.3) is 6.08 Å². The van der Waals surface area contributed by atoms with Crippen molar-refractivity contribution in [2.75, 3.05) is 14.2 Å². The van der Waals surface area contributed by atoms with E-state index in [1.165, 1.54) is 0 Å². The topological polar surface area (TPSA) is 27.7 Å². The molecule has 17 heavy (non-hydrogen) atoms. The Hall–Kier alpha value is -1.42. The Morgan fingerprint density at radius 2 is 1.88 bits per heavy atom. The van der Waals surface area contributed by atoms with Crippen molar-refractivity contribution in [2.24, 2.45) is 0 Å². The van der Waals surface area contributed by atoms with Crippen LogP contribution in [0.1, 0.15) is 5.56 Å². The van der Waals surface area contributed by atoms with Crippen LogP contribution in [-0.2, 0) is 9.16 Å². The van der Waals surface area contributed by atoms with Crippen LogP contribution < -0.4 is 4.74 Å². The molecular formula is C13H20O3Si. The molecule has 0 unspecified atom stereocenters. The van der Waals surface area contributed by atoms with E-state index in [1.807, 2.05) is 30.3 Å². The lowest BCUT2D eigenvalue weighted by Crippen LogP contribution is -2.25. The summed E-state index contributed by atoms with van der Waals surface area (Å²) in [5, 5.41) is 0. The lowest BCUT2D eigenvalue weighted by atomic mass is 10.2. The van der Waals surface area contributed by atoms with Crippen LogP contribution in [0.5, 0.6) is 5.75 Å².